The van der Waals surface area contributed by atoms with Crippen LogP contribution < -0.4 is 5.73 Å². The third-order valence-corrected chi connectivity index (χ3v) is 13.3. The Hall–Kier alpha value is -1.17. The van der Waals surface area contributed by atoms with Crippen LogP contribution in [0.15, 0.2) is 0 Å². The lowest BCUT2D eigenvalue weighted by Gasteiger charge is -2.49. The van der Waals surface area contributed by atoms with E-state index >= 15 is 8.42 Å². The van der Waals surface area contributed by atoms with Crippen molar-refractivity contribution < 1.29 is 17.9 Å². The van der Waals surface area contributed by atoms with Crippen molar-refractivity contribution in [3.05, 3.63) is 0 Å². The van der Waals surface area contributed by atoms with Gasteiger partial charge >= 0.3 is 5.97 Å². The predicted octanol–water partition coefficient (Wildman–Crippen LogP) is 4.65. The van der Waals surface area contributed by atoms with Crippen LogP contribution in [0.4, 0.5) is 0 Å². The number of nitriles is 1. The van der Waals surface area contributed by atoms with E-state index < -0.39 is 43.7 Å². The largest absolute Gasteiger partial charge is 0.458 e. The number of nitrogens with two attached hydrogens (primary N) is 1. The van der Waals surface area contributed by atoms with E-state index in [9.17, 15) is 10.1 Å². The van der Waals surface area contributed by atoms with Crippen molar-refractivity contribution in [3.8, 4) is 6.07 Å². The average Bonchev–Trinajstić information content (AvgIpc) is 3.22. The Kier molecular flexibility index (Phi) is 7.38. The first-order valence-electron chi connectivity index (χ1n) is 13.9. The second-order valence-corrected chi connectivity index (χ2v) is 14.6. The monoisotopic (exact) mass is 507 g/mol. The minimum absolute atomic E-state index is 0.0291. The fourth-order valence-corrected chi connectivity index (χ4v) is 11.1. The normalized spacial score (nSPS) is 33.5. The van der Waals surface area contributed by atoms with E-state index in [2.05, 4.69) is 13.8 Å². The summed E-state index contributed by atoms with van der Waals surface area (Å²) in [6.45, 7) is 7.54. The van der Waals surface area contributed by atoms with Crippen LogP contribution in [0.1, 0.15) is 111 Å². The Morgan fingerprint density at radius 2 is 1.54 bits per heavy atom. The second-order valence-electron chi connectivity index (χ2n) is 12.5. The van der Waals surface area contributed by atoms with Crippen LogP contribution in [0.5, 0.6) is 0 Å². The summed E-state index contributed by atoms with van der Waals surface area (Å²) in [7, 11) is -3.81. The molecule has 4 saturated carbocycles. The number of hydrogen-bond donors (Lipinski definition) is 1. The van der Waals surface area contributed by atoms with Gasteiger partial charge in [0, 0.05) is 12.1 Å². The highest BCUT2D eigenvalue weighted by atomic mass is 32.2. The summed E-state index contributed by atoms with van der Waals surface area (Å²) in [4.78, 5) is 13.2. The third-order valence-electron chi connectivity index (χ3n) is 10.3. The molecule has 0 heterocycles. The molecule has 0 saturated heterocycles. The predicted molar refractivity (Wildman–Crippen MR) is 136 cm³/mol. The first kappa shape index (κ1) is 26.9. The first-order chi connectivity index (χ1) is 16.4. The smallest absolute Gasteiger partial charge is 0.341 e. The molecule has 7 nitrogen and oxygen atoms in total. The van der Waals surface area contributed by atoms with Crippen molar-refractivity contribution in [2.24, 2.45) is 23.0 Å². The van der Waals surface area contributed by atoms with E-state index in [4.69, 9.17) is 10.5 Å². The van der Waals surface area contributed by atoms with Crippen molar-refractivity contribution in [2.75, 3.05) is 0 Å². The van der Waals surface area contributed by atoms with E-state index in [1.165, 1.54) is 0 Å². The maximum Gasteiger partial charge on any atom is 0.341 e. The molecule has 0 aliphatic heterocycles. The molecule has 4 fully saturated rings. The number of hydrogen-bond acceptors (Lipinski definition) is 6. The summed E-state index contributed by atoms with van der Waals surface area (Å²) in [5, 5.41) is 9.68. The van der Waals surface area contributed by atoms with Gasteiger partial charge in [0.2, 0.25) is 15.6 Å². The van der Waals surface area contributed by atoms with Gasteiger partial charge in [-0.3, -0.25) is 0 Å². The zero-order chi connectivity index (χ0) is 25.6. The van der Waals surface area contributed by atoms with Gasteiger partial charge in [0.15, 0.2) is 0 Å². The Morgan fingerprint density at radius 1 is 1.03 bits per heavy atom. The van der Waals surface area contributed by atoms with Crippen molar-refractivity contribution in [3.63, 3.8) is 0 Å². The highest BCUT2D eigenvalue weighted by Crippen LogP contribution is 2.65. The van der Waals surface area contributed by atoms with E-state index in [0.717, 1.165) is 70.6 Å². The van der Waals surface area contributed by atoms with Crippen LogP contribution in [0, 0.1) is 28.6 Å². The third kappa shape index (κ3) is 4.05. The SMILES string of the molecule is CC(C)[C@@](N)(C#N)C(=O)O[C@@H]1C[C@H]2CC[C@]1(S(=O)(=O)N(C1CCCCC1)C1CCCCC1)C2(C)C. The van der Waals surface area contributed by atoms with E-state index in [-0.39, 0.29) is 18.0 Å². The van der Waals surface area contributed by atoms with Gasteiger partial charge in [0.25, 0.3) is 0 Å². The maximum atomic E-state index is 15.0. The Labute approximate surface area is 212 Å². The van der Waals surface area contributed by atoms with Crippen LogP contribution in [-0.2, 0) is 19.6 Å². The summed E-state index contributed by atoms with van der Waals surface area (Å²) < 4.78 is 36.8. The number of carbonyl (C=O) groups excluding carboxylic acids is 1. The van der Waals surface area contributed by atoms with Crippen LogP contribution in [-0.4, -0.2) is 47.2 Å². The number of rotatable bonds is 7. The number of ether oxygens (including phenoxy) is 1. The molecule has 4 aliphatic carbocycles. The van der Waals surface area contributed by atoms with Crippen molar-refractivity contribution in [1.82, 2.24) is 4.31 Å². The summed E-state index contributed by atoms with van der Waals surface area (Å²) >= 11 is 0. The lowest BCUT2D eigenvalue weighted by Crippen LogP contribution is -2.64. The number of esters is 1. The second kappa shape index (κ2) is 9.61. The molecule has 4 atom stereocenters. The van der Waals surface area contributed by atoms with Gasteiger partial charge < -0.3 is 10.5 Å². The molecular formula is C27H45N3O4S. The van der Waals surface area contributed by atoms with Crippen LogP contribution in [0.25, 0.3) is 0 Å². The minimum atomic E-state index is -3.81. The van der Waals surface area contributed by atoms with E-state index in [1.807, 2.05) is 10.4 Å². The molecule has 0 aromatic heterocycles. The van der Waals surface area contributed by atoms with Crippen molar-refractivity contribution in [2.45, 2.75) is 140 Å². The van der Waals surface area contributed by atoms with E-state index in [0.29, 0.717) is 12.8 Å². The minimum Gasteiger partial charge on any atom is -0.458 e. The van der Waals surface area contributed by atoms with Crippen molar-refractivity contribution in [1.29, 1.82) is 5.26 Å². The van der Waals surface area contributed by atoms with Gasteiger partial charge in [0.1, 0.15) is 10.9 Å². The molecule has 4 rings (SSSR count). The highest BCUT2D eigenvalue weighted by molar-refractivity contribution is 7.90. The molecule has 0 unspecified atom stereocenters. The summed E-state index contributed by atoms with van der Waals surface area (Å²) in [5.41, 5.74) is 3.86. The molecule has 0 spiro atoms. The average molecular weight is 508 g/mol. The molecule has 2 bridgehead atoms. The first-order valence-corrected chi connectivity index (χ1v) is 15.3. The zero-order valence-electron chi connectivity index (χ0n) is 22.1. The number of carbonyl (C=O) groups is 1. The van der Waals surface area contributed by atoms with E-state index in [1.54, 1.807) is 13.8 Å². The van der Waals surface area contributed by atoms with Gasteiger partial charge in [-0.25, -0.2) is 13.2 Å². The highest BCUT2D eigenvalue weighted by Gasteiger charge is 2.74. The Bertz CT molecular complexity index is 928. The molecule has 0 amide bonds. The topological polar surface area (TPSA) is 113 Å². The molecule has 0 radical (unpaired) electrons. The molecule has 8 heteroatoms. The Morgan fingerprint density at radius 3 is 1.97 bits per heavy atom. The fraction of sp³-hybridized carbons (Fsp3) is 0.926. The lowest BCUT2D eigenvalue weighted by molar-refractivity contribution is -0.157. The Balaban J connectivity index is 1.76. The van der Waals surface area contributed by atoms with Gasteiger partial charge in [-0.1, -0.05) is 66.2 Å². The number of sulfonamides is 1. The summed E-state index contributed by atoms with van der Waals surface area (Å²) in [6, 6.07) is 2.00. The molecule has 35 heavy (non-hydrogen) atoms. The van der Waals surface area contributed by atoms with Gasteiger partial charge in [-0.2, -0.15) is 9.57 Å². The lowest BCUT2D eigenvalue weighted by atomic mass is 9.81. The molecular weight excluding hydrogens is 462 g/mol. The quantitative estimate of drug-likeness (QED) is 0.502. The molecule has 2 N–H and O–H groups in total. The van der Waals surface area contributed by atoms with Crippen LogP contribution >= 0.6 is 0 Å². The molecule has 0 aromatic carbocycles. The molecule has 0 aromatic rings. The fourth-order valence-electron chi connectivity index (χ4n) is 7.81. The van der Waals surface area contributed by atoms with Gasteiger partial charge in [0.05, 0.1) is 6.07 Å². The standard InChI is InChI=1S/C27H45N3O4S/c1-19(2)26(29,18-28)24(31)34-23-17-20-15-16-27(23,25(20,3)4)35(32,33)30(21-11-7-5-8-12-21)22-13-9-6-10-14-22/h19-23H,5-17,29H2,1-4H3/t20-,23-,26+,27-/m1/s1. The zero-order valence-corrected chi connectivity index (χ0v) is 22.9. The molecule has 4 aliphatic rings. The van der Waals surface area contributed by atoms with Crippen LogP contribution in [0.2, 0.25) is 0 Å². The molecule has 198 valence electrons. The summed E-state index contributed by atoms with van der Waals surface area (Å²) in [5.74, 6) is -1.08. The number of nitrogens with zero attached hydrogens (tertiary/aromatic N) is 2. The van der Waals surface area contributed by atoms with Gasteiger partial charge in [-0.05, 0) is 62.2 Å². The number of fused-ring (bicyclic) bond motifs is 2. The van der Waals surface area contributed by atoms with Crippen molar-refractivity contribution >= 4 is 16.0 Å². The summed E-state index contributed by atoms with van der Waals surface area (Å²) in [6.07, 6.45) is 11.3. The van der Waals surface area contributed by atoms with Gasteiger partial charge in [-0.15, -0.1) is 0 Å². The maximum absolute atomic E-state index is 15.0. The van der Waals surface area contributed by atoms with Crippen LogP contribution in [0.3, 0.4) is 0 Å².